The van der Waals surface area contributed by atoms with E-state index >= 15 is 0 Å². The van der Waals surface area contributed by atoms with Crippen LogP contribution < -0.4 is 5.32 Å². The van der Waals surface area contributed by atoms with Crippen LogP contribution in [-0.4, -0.2) is 22.9 Å². The zero-order valence-electron chi connectivity index (χ0n) is 7.35. The van der Waals surface area contributed by atoms with Gasteiger partial charge >= 0.3 is 0 Å². The smallest absolute Gasteiger partial charge is 0.269 e. The summed E-state index contributed by atoms with van der Waals surface area (Å²) >= 11 is 0. The molecule has 2 N–H and O–H groups in total. The van der Waals surface area contributed by atoms with Gasteiger partial charge in [-0.1, -0.05) is 6.92 Å². The molecule has 12 heavy (non-hydrogen) atoms. The molecule has 1 heterocycles. The van der Waals surface area contributed by atoms with Crippen molar-refractivity contribution in [2.75, 3.05) is 7.05 Å². The average Bonchev–Trinajstić information content (AvgIpc) is 2.52. The molecule has 0 bridgehead atoms. The number of nitrogens with one attached hydrogen (secondary N) is 2. The molecule has 0 fully saturated rings. The van der Waals surface area contributed by atoms with Crippen LogP contribution in [0.2, 0.25) is 0 Å². The monoisotopic (exact) mass is 167 g/mol. The molecule has 66 valence electrons. The van der Waals surface area contributed by atoms with Gasteiger partial charge in [0.2, 0.25) is 0 Å². The van der Waals surface area contributed by atoms with Crippen molar-refractivity contribution in [2.45, 2.75) is 19.8 Å². The highest BCUT2D eigenvalue weighted by Crippen LogP contribution is 1.99. The minimum atomic E-state index is -0.121. The first-order valence-electron chi connectivity index (χ1n) is 4.04. The molecule has 0 aliphatic rings. The maximum absolute atomic E-state index is 11.0. The van der Waals surface area contributed by atoms with Crippen LogP contribution in [0.5, 0.6) is 0 Å². The Labute approximate surface area is 71.4 Å². The Kier molecular flexibility index (Phi) is 2.85. The molecule has 0 atom stereocenters. The first-order chi connectivity index (χ1) is 5.77. The van der Waals surface area contributed by atoms with Gasteiger partial charge in [0.25, 0.3) is 5.91 Å². The molecule has 0 saturated carbocycles. The summed E-state index contributed by atoms with van der Waals surface area (Å²) in [6.07, 6.45) is 3.47. The molecule has 1 rings (SSSR count). The van der Waals surface area contributed by atoms with Gasteiger partial charge in [-0.05, 0) is 6.42 Å². The summed E-state index contributed by atoms with van der Waals surface area (Å²) in [7, 11) is 1.60. The number of nitrogens with zero attached hydrogens (tertiary/aromatic N) is 1. The van der Waals surface area contributed by atoms with E-state index in [9.17, 15) is 4.79 Å². The molecule has 1 aromatic heterocycles. The summed E-state index contributed by atoms with van der Waals surface area (Å²) in [5.41, 5.74) is 0.529. The summed E-state index contributed by atoms with van der Waals surface area (Å²) < 4.78 is 0. The summed E-state index contributed by atoms with van der Waals surface area (Å²) in [5, 5.41) is 2.53. The Morgan fingerprint density at radius 2 is 2.50 bits per heavy atom. The highest BCUT2D eigenvalue weighted by Gasteiger charge is 2.05. The Hall–Kier alpha value is -1.32. The van der Waals surface area contributed by atoms with Crippen LogP contribution in [-0.2, 0) is 6.42 Å². The van der Waals surface area contributed by atoms with Crippen LogP contribution in [0.3, 0.4) is 0 Å². The number of rotatable bonds is 3. The van der Waals surface area contributed by atoms with Crippen molar-refractivity contribution in [2.24, 2.45) is 0 Å². The molecule has 0 saturated heterocycles. The highest BCUT2D eigenvalue weighted by molar-refractivity contribution is 5.91. The predicted octanol–water partition coefficient (Wildman–Crippen LogP) is 0.722. The van der Waals surface area contributed by atoms with Crippen molar-refractivity contribution in [1.82, 2.24) is 15.3 Å². The Morgan fingerprint density at radius 1 is 1.75 bits per heavy atom. The van der Waals surface area contributed by atoms with E-state index in [1.807, 2.05) is 0 Å². The van der Waals surface area contributed by atoms with Crippen LogP contribution in [0.1, 0.15) is 29.7 Å². The Morgan fingerprint density at radius 3 is 3.08 bits per heavy atom. The minimum absolute atomic E-state index is 0.121. The average molecular weight is 167 g/mol. The van der Waals surface area contributed by atoms with Gasteiger partial charge in [0.1, 0.15) is 11.5 Å². The largest absolute Gasteiger partial charge is 0.354 e. The third-order valence-electron chi connectivity index (χ3n) is 1.59. The first-order valence-corrected chi connectivity index (χ1v) is 4.04. The highest BCUT2D eigenvalue weighted by atomic mass is 16.1. The lowest BCUT2D eigenvalue weighted by atomic mass is 10.3. The maximum atomic E-state index is 11.0. The van der Waals surface area contributed by atoms with Gasteiger partial charge in [0.05, 0.1) is 6.20 Å². The van der Waals surface area contributed by atoms with Gasteiger partial charge < -0.3 is 10.3 Å². The second-order valence-corrected chi connectivity index (χ2v) is 2.57. The molecule has 1 aromatic rings. The molecule has 0 spiro atoms. The molecule has 0 aliphatic carbocycles. The van der Waals surface area contributed by atoms with E-state index in [1.165, 1.54) is 0 Å². The summed E-state index contributed by atoms with van der Waals surface area (Å²) in [4.78, 5) is 18.0. The van der Waals surface area contributed by atoms with E-state index in [4.69, 9.17) is 0 Å². The van der Waals surface area contributed by atoms with Crippen LogP contribution >= 0.6 is 0 Å². The molecular formula is C8H13N3O. The van der Waals surface area contributed by atoms with Gasteiger partial charge in [-0.2, -0.15) is 0 Å². The van der Waals surface area contributed by atoms with Crippen LogP contribution in [0, 0.1) is 0 Å². The summed E-state index contributed by atoms with van der Waals surface area (Å²) in [6.45, 7) is 2.07. The quantitative estimate of drug-likeness (QED) is 0.697. The molecule has 4 heteroatoms. The lowest BCUT2D eigenvalue weighted by molar-refractivity contribution is 0.0958. The van der Waals surface area contributed by atoms with E-state index in [0.29, 0.717) is 5.69 Å². The van der Waals surface area contributed by atoms with E-state index in [1.54, 1.807) is 13.2 Å². The second kappa shape index (κ2) is 3.90. The number of aromatic amines is 1. The zero-order chi connectivity index (χ0) is 8.97. The summed E-state index contributed by atoms with van der Waals surface area (Å²) in [6, 6.07) is 0. The Bertz CT molecular complexity index is 267. The molecular weight excluding hydrogens is 154 g/mol. The number of aromatic nitrogens is 2. The predicted molar refractivity (Wildman–Crippen MR) is 46.0 cm³/mol. The molecule has 0 radical (unpaired) electrons. The molecule has 4 nitrogen and oxygen atoms in total. The van der Waals surface area contributed by atoms with Crippen molar-refractivity contribution in [3.8, 4) is 0 Å². The fourth-order valence-electron chi connectivity index (χ4n) is 0.976. The van der Waals surface area contributed by atoms with Crippen LogP contribution in [0.25, 0.3) is 0 Å². The summed E-state index contributed by atoms with van der Waals surface area (Å²) in [5.74, 6) is 0.751. The number of hydrogen-bond acceptors (Lipinski definition) is 2. The van der Waals surface area contributed by atoms with Crippen molar-refractivity contribution in [1.29, 1.82) is 0 Å². The van der Waals surface area contributed by atoms with E-state index in [0.717, 1.165) is 18.7 Å². The van der Waals surface area contributed by atoms with Gasteiger partial charge in [0.15, 0.2) is 0 Å². The molecule has 0 unspecified atom stereocenters. The molecule has 1 amide bonds. The lowest BCUT2D eigenvalue weighted by Crippen LogP contribution is -2.18. The fraction of sp³-hybridized carbons (Fsp3) is 0.500. The van der Waals surface area contributed by atoms with Gasteiger partial charge in [-0.25, -0.2) is 4.98 Å². The normalized spacial score (nSPS) is 9.83. The third-order valence-corrected chi connectivity index (χ3v) is 1.59. The molecule has 0 aliphatic heterocycles. The number of carbonyl (C=O) groups excluding carboxylic acids is 1. The fourth-order valence-corrected chi connectivity index (χ4v) is 0.976. The number of hydrogen-bond donors (Lipinski definition) is 2. The number of amides is 1. The standard InChI is InChI=1S/C8H13N3O/c1-3-4-7-10-5-6(11-7)8(12)9-2/h5H,3-4H2,1-2H3,(H,9,12)(H,10,11). The number of carbonyl (C=O) groups is 1. The molecule has 0 aromatic carbocycles. The number of imidazole rings is 1. The van der Waals surface area contributed by atoms with Crippen LogP contribution in [0.15, 0.2) is 6.20 Å². The Balaban J connectivity index is 2.70. The van der Waals surface area contributed by atoms with Crippen molar-refractivity contribution < 1.29 is 4.79 Å². The minimum Gasteiger partial charge on any atom is -0.354 e. The maximum Gasteiger partial charge on any atom is 0.269 e. The SMILES string of the molecule is CCCc1ncc(C(=O)NC)[nH]1. The second-order valence-electron chi connectivity index (χ2n) is 2.57. The van der Waals surface area contributed by atoms with Crippen LogP contribution in [0.4, 0.5) is 0 Å². The first kappa shape index (κ1) is 8.77. The van der Waals surface area contributed by atoms with E-state index < -0.39 is 0 Å². The lowest BCUT2D eigenvalue weighted by Gasteiger charge is -1.93. The van der Waals surface area contributed by atoms with Crippen molar-refractivity contribution >= 4 is 5.91 Å². The van der Waals surface area contributed by atoms with Gasteiger partial charge in [-0.3, -0.25) is 4.79 Å². The van der Waals surface area contributed by atoms with Gasteiger partial charge in [-0.15, -0.1) is 0 Å². The van der Waals surface area contributed by atoms with Crippen molar-refractivity contribution in [3.05, 3.63) is 17.7 Å². The zero-order valence-corrected chi connectivity index (χ0v) is 7.35. The van der Waals surface area contributed by atoms with E-state index in [-0.39, 0.29) is 5.91 Å². The number of H-pyrrole nitrogens is 1. The van der Waals surface area contributed by atoms with Crippen molar-refractivity contribution in [3.63, 3.8) is 0 Å². The number of aryl methyl sites for hydroxylation is 1. The van der Waals surface area contributed by atoms with E-state index in [2.05, 4.69) is 22.2 Å². The van der Waals surface area contributed by atoms with Gasteiger partial charge in [0, 0.05) is 13.5 Å². The topological polar surface area (TPSA) is 57.8 Å². The third kappa shape index (κ3) is 1.84.